The number of nitrogens with one attached hydrogen (secondary N) is 1. The summed E-state index contributed by atoms with van der Waals surface area (Å²) < 4.78 is 10.9. The topological polar surface area (TPSA) is 77.0 Å². The van der Waals surface area contributed by atoms with Crippen molar-refractivity contribution >= 4 is 17.7 Å². The fraction of sp³-hybridized carbons (Fsp3) is 0.550. The lowest BCUT2D eigenvalue weighted by molar-refractivity contribution is -0.148. The molecule has 6 nitrogen and oxygen atoms in total. The number of nitrogens with zero attached hydrogens (tertiary/aromatic N) is 1. The normalized spacial score (nSPS) is 23.8. The third-order valence-electron chi connectivity index (χ3n) is 5.23. The lowest BCUT2D eigenvalue weighted by Crippen LogP contribution is -2.44. The molecule has 2 aliphatic rings. The maximum absolute atomic E-state index is 12.8. The molecule has 1 aromatic carbocycles. The smallest absolute Gasteiger partial charge is 0.341 e. The van der Waals surface area contributed by atoms with Crippen LogP contribution in [-0.4, -0.2) is 31.4 Å². The molecule has 1 N–H and O–H groups in total. The number of hydrogen-bond donors (Lipinski definition) is 1. The molecule has 26 heavy (non-hydrogen) atoms. The molecule has 1 aliphatic heterocycles. The van der Waals surface area contributed by atoms with Crippen LogP contribution in [0, 0.1) is 11.8 Å². The Balaban J connectivity index is 1.76. The van der Waals surface area contributed by atoms with Crippen molar-refractivity contribution in [2.45, 2.75) is 45.1 Å². The first-order valence-electron chi connectivity index (χ1n) is 9.24. The summed E-state index contributed by atoms with van der Waals surface area (Å²) >= 11 is 0. The number of rotatable bonds is 5. The minimum Gasteiger partial charge on any atom is -0.497 e. The minimum absolute atomic E-state index is 0.329. The summed E-state index contributed by atoms with van der Waals surface area (Å²) in [4.78, 5) is 28.6. The van der Waals surface area contributed by atoms with Crippen LogP contribution < -0.4 is 10.1 Å². The van der Waals surface area contributed by atoms with E-state index in [0.717, 1.165) is 18.4 Å². The van der Waals surface area contributed by atoms with Crippen molar-refractivity contribution in [1.29, 1.82) is 0 Å². The number of aliphatic imine (C=N–C) groups is 1. The Morgan fingerprint density at radius 1 is 1.27 bits per heavy atom. The molecule has 6 heteroatoms. The largest absolute Gasteiger partial charge is 0.497 e. The van der Waals surface area contributed by atoms with Gasteiger partial charge in [0.2, 0.25) is 0 Å². The van der Waals surface area contributed by atoms with Gasteiger partial charge >= 0.3 is 12.0 Å². The molecular weight excluding hydrogens is 332 g/mol. The highest BCUT2D eigenvalue weighted by atomic mass is 16.5. The summed E-state index contributed by atoms with van der Waals surface area (Å²) in [6.07, 6.45) is 5.90. The van der Waals surface area contributed by atoms with Crippen molar-refractivity contribution in [1.82, 2.24) is 5.32 Å². The third-order valence-corrected chi connectivity index (χ3v) is 5.23. The molecule has 0 radical (unpaired) electrons. The lowest BCUT2D eigenvalue weighted by atomic mass is 9.87. The van der Waals surface area contributed by atoms with Crippen LogP contribution in [0.1, 0.15) is 50.6 Å². The SMILES string of the molecule is COc1cccc(C2NC(=O)N=C(C)C2C(=O)OCC2CCCCC2)c1. The van der Waals surface area contributed by atoms with E-state index in [2.05, 4.69) is 10.3 Å². The summed E-state index contributed by atoms with van der Waals surface area (Å²) in [6.45, 7) is 2.15. The van der Waals surface area contributed by atoms with Gasteiger partial charge in [0.1, 0.15) is 11.7 Å². The Morgan fingerprint density at radius 2 is 2.04 bits per heavy atom. The molecule has 1 aromatic rings. The molecule has 140 valence electrons. The summed E-state index contributed by atoms with van der Waals surface area (Å²) in [7, 11) is 1.58. The van der Waals surface area contributed by atoms with Gasteiger partial charge in [-0.1, -0.05) is 31.4 Å². The quantitative estimate of drug-likeness (QED) is 0.815. The van der Waals surface area contributed by atoms with Crippen molar-refractivity contribution in [2.75, 3.05) is 13.7 Å². The van der Waals surface area contributed by atoms with Gasteiger partial charge < -0.3 is 14.8 Å². The number of urea groups is 1. The fourth-order valence-electron chi connectivity index (χ4n) is 3.78. The molecule has 2 atom stereocenters. The number of methoxy groups -OCH3 is 1. The van der Waals surface area contributed by atoms with E-state index in [1.54, 1.807) is 14.0 Å². The second kappa shape index (κ2) is 8.34. The van der Waals surface area contributed by atoms with E-state index in [-0.39, 0.29) is 5.97 Å². The van der Waals surface area contributed by atoms with Crippen molar-refractivity contribution in [3.8, 4) is 5.75 Å². The number of hydrogen-bond acceptors (Lipinski definition) is 4. The molecule has 3 rings (SSSR count). The van der Waals surface area contributed by atoms with E-state index in [4.69, 9.17) is 9.47 Å². The average Bonchev–Trinajstić information content (AvgIpc) is 2.66. The molecule has 1 saturated carbocycles. The summed E-state index contributed by atoms with van der Waals surface area (Å²) in [5.74, 6) is 0.165. The Kier molecular flexibility index (Phi) is 5.91. The van der Waals surface area contributed by atoms with Crippen LogP contribution >= 0.6 is 0 Å². The molecule has 2 amide bonds. The molecular formula is C20H26N2O4. The van der Waals surface area contributed by atoms with Crippen LogP contribution in [0.15, 0.2) is 29.3 Å². The molecule has 0 saturated heterocycles. The average molecular weight is 358 g/mol. The fourth-order valence-corrected chi connectivity index (χ4v) is 3.78. The third kappa shape index (κ3) is 4.23. The predicted octanol–water partition coefficient (Wildman–Crippen LogP) is 3.66. The summed E-state index contributed by atoms with van der Waals surface area (Å²) in [5.41, 5.74) is 1.28. The van der Waals surface area contributed by atoms with E-state index >= 15 is 0 Å². The zero-order chi connectivity index (χ0) is 18.5. The Bertz CT molecular complexity index is 695. The highest BCUT2D eigenvalue weighted by molar-refractivity contribution is 6.08. The van der Waals surface area contributed by atoms with E-state index < -0.39 is 18.0 Å². The first kappa shape index (κ1) is 18.4. The predicted molar refractivity (Wildman–Crippen MR) is 98.4 cm³/mol. The second-order valence-electron chi connectivity index (χ2n) is 7.07. The molecule has 0 aromatic heterocycles. The van der Waals surface area contributed by atoms with E-state index in [1.807, 2.05) is 24.3 Å². The molecule has 0 bridgehead atoms. The van der Waals surface area contributed by atoms with Gasteiger partial charge in [0.15, 0.2) is 0 Å². The van der Waals surface area contributed by atoms with Crippen molar-refractivity contribution < 1.29 is 19.1 Å². The zero-order valence-corrected chi connectivity index (χ0v) is 15.4. The van der Waals surface area contributed by atoms with Crippen molar-refractivity contribution in [3.05, 3.63) is 29.8 Å². The first-order chi connectivity index (χ1) is 12.6. The van der Waals surface area contributed by atoms with E-state index in [0.29, 0.717) is 24.0 Å². The van der Waals surface area contributed by atoms with Gasteiger partial charge in [-0.2, -0.15) is 0 Å². The monoisotopic (exact) mass is 358 g/mol. The number of amides is 2. The van der Waals surface area contributed by atoms with Crippen molar-refractivity contribution in [2.24, 2.45) is 16.8 Å². The second-order valence-corrected chi connectivity index (χ2v) is 7.07. The number of carbonyl (C=O) groups excluding carboxylic acids is 2. The van der Waals surface area contributed by atoms with Crippen LogP contribution in [0.2, 0.25) is 0 Å². The first-order valence-corrected chi connectivity index (χ1v) is 9.24. The van der Waals surface area contributed by atoms with Crippen LogP contribution in [0.5, 0.6) is 5.75 Å². The van der Waals surface area contributed by atoms with Gasteiger partial charge in [0.25, 0.3) is 0 Å². The molecule has 1 fully saturated rings. The van der Waals surface area contributed by atoms with Gasteiger partial charge in [0.05, 0.1) is 19.8 Å². The standard InChI is InChI=1S/C20H26N2O4/c1-13-17(19(23)26-12-14-7-4-3-5-8-14)18(22-20(24)21-13)15-9-6-10-16(11-15)25-2/h6,9-11,14,17-18H,3-5,7-8,12H2,1-2H3,(H,22,24). The molecule has 1 heterocycles. The van der Waals surface area contributed by atoms with E-state index in [1.165, 1.54) is 19.3 Å². The Morgan fingerprint density at radius 3 is 2.77 bits per heavy atom. The van der Waals surface area contributed by atoms with Crippen LogP contribution in [0.4, 0.5) is 4.79 Å². The summed E-state index contributed by atoms with van der Waals surface area (Å²) in [5, 5.41) is 2.80. The Labute approximate surface area is 154 Å². The molecule has 1 aliphatic carbocycles. The number of carbonyl (C=O) groups is 2. The summed E-state index contributed by atoms with van der Waals surface area (Å²) in [6, 6.07) is 6.41. The van der Waals surface area contributed by atoms with Gasteiger partial charge in [-0.25, -0.2) is 9.79 Å². The van der Waals surface area contributed by atoms with E-state index in [9.17, 15) is 9.59 Å². The Hall–Kier alpha value is -2.37. The van der Waals surface area contributed by atoms with Crippen LogP contribution in [-0.2, 0) is 9.53 Å². The molecule has 0 spiro atoms. The number of benzene rings is 1. The number of ether oxygens (including phenoxy) is 2. The lowest BCUT2D eigenvalue weighted by Gasteiger charge is -2.30. The van der Waals surface area contributed by atoms with Gasteiger partial charge in [0, 0.05) is 5.71 Å². The van der Waals surface area contributed by atoms with Crippen LogP contribution in [0.3, 0.4) is 0 Å². The molecule has 2 unspecified atom stereocenters. The van der Waals surface area contributed by atoms with Crippen molar-refractivity contribution in [3.63, 3.8) is 0 Å². The maximum Gasteiger partial charge on any atom is 0.341 e. The zero-order valence-electron chi connectivity index (χ0n) is 15.4. The highest BCUT2D eigenvalue weighted by Gasteiger charge is 2.38. The van der Waals surface area contributed by atoms with Gasteiger partial charge in [-0.15, -0.1) is 0 Å². The number of esters is 1. The highest BCUT2D eigenvalue weighted by Crippen LogP contribution is 2.31. The van der Waals surface area contributed by atoms with Gasteiger partial charge in [-0.05, 0) is 43.4 Å². The maximum atomic E-state index is 12.8. The van der Waals surface area contributed by atoms with Crippen LogP contribution in [0.25, 0.3) is 0 Å². The minimum atomic E-state index is -0.622. The van der Waals surface area contributed by atoms with Gasteiger partial charge in [-0.3, -0.25) is 4.79 Å².